The quantitative estimate of drug-likeness (QED) is 0.366. The summed E-state index contributed by atoms with van der Waals surface area (Å²) >= 11 is 0. The standard InChI is InChI=1S/C12H25NO4S.Na.H/c1-3-4-5-6-7-8-9-10-12(14)13-11(2)18(15,16)17;;/h11H,3-10H2,1-2H3,(H,13,14)(H,15,16,17);;. The maximum absolute atomic E-state index is 11.3. The maximum atomic E-state index is 11.3. The molecule has 0 aliphatic carbocycles. The fourth-order valence-corrected chi connectivity index (χ4v) is 1.90. The first-order chi connectivity index (χ1) is 8.38. The van der Waals surface area contributed by atoms with Gasteiger partial charge in [-0.15, -0.1) is 0 Å². The summed E-state index contributed by atoms with van der Waals surface area (Å²) in [6, 6.07) is 0. The molecule has 0 fully saturated rings. The van der Waals surface area contributed by atoms with Crippen molar-refractivity contribution in [3.05, 3.63) is 0 Å². The summed E-state index contributed by atoms with van der Waals surface area (Å²) in [5.74, 6) is -0.325. The van der Waals surface area contributed by atoms with Crippen LogP contribution in [0, 0.1) is 0 Å². The van der Waals surface area contributed by atoms with Gasteiger partial charge in [-0.1, -0.05) is 45.4 Å². The van der Waals surface area contributed by atoms with Crippen molar-refractivity contribution in [1.29, 1.82) is 0 Å². The molecule has 0 aromatic rings. The molecule has 1 amide bonds. The molecule has 2 N–H and O–H groups in total. The number of nitrogens with one attached hydrogen (secondary N) is 1. The summed E-state index contributed by atoms with van der Waals surface area (Å²) in [7, 11) is -4.18. The van der Waals surface area contributed by atoms with Crippen LogP contribution in [0.2, 0.25) is 0 Å². The van der Waals surface area contributed by atoms with E-state index in [1.54, 1.807) is 0 Å². The van der Waals surface area contributed by atoms with E-state index in [1.165, 1.54) is 32.6 Å². The SMILES string of the molecule is CCCCCCCCCC(=O)NC(C)S(=O)(=O)O.[NaH]. The normalized spacial score (nSPS) is 12.6. The zero-order valence-electron chi connectivity index (χ0n) is 11.3. The van der Waals surface area contributed by atoms with Gasteiger partial charge in [0.05, 0.1) is 0 Å². The van der Waals surface area contributed by atoms with Crippen LogP contribution in [0.25, 0.3) is 0 Å². The molecule has 110 valence electrons. The number of hydrogen-bond acceptors (Lipinski definition) is 3. The Labute approximate surface area is 139 Å². The van der Waals surface area contributed by atoms with E-state index in [-0.39, 0.29) is 35.5 Å². The molecule has 0 aromatic heterocycles. The summed E-state index contributed by atoms with van der Waals surface area (Å²) in [4.78, 5) is 11.3. The van der Waals surface area contributed by atoms with Crippen molar-refractivity contribution < 1.29 is 17.8 Å². The van der Waals surface area contributed by atoms with Crippen LogP contribution >= 0.6 is 0 Å². The van der Waals surface area contributed by atoms with Crippen LogP contribution in [0.3, 0.4) is 0 Å². The third kappa shape index (κ3) is 13.1. The third-order valence-electron chi connectivity index (χ3n) is 2.82. The Morgan fingerprint density at radius 1 is 1.11 bits per heavy atom. The van der Waals surface area contributed by atoms with Gasteiger partial charge in [-0.05, 0) is 13.3 Å². The van der Waals surface area contributed by atoms with E-state index in [9.17, 15) is 13.2 Å². The van der Waals surface area contributed by atoms with Crippen LogP contribution in [-0.2, 0) is 14.9 Å². The molecule has 0 bridgehead atoms. The van der Waals surface area contributed by atoms with Crippen LogP contribution in [0.4, 0.5) is 0 Å². The second-order valence-corrected chi connectivity index (χ2v) is 6.33. The third-order valence-corrected chi connectivity index (χ3v) is 3.83. The van der Waals surface area contributed by atoms with E-state index in [4.69, 9.17) is 4.55 Å². The fraction of sp³-hybridized carbons (Fsp3) is 0.917. The van der Waals surface area contributed by atoms with Crippen molar-refractivity contribution in [3.63, 3.8) is 0 Å². The van der Waals surface area contributed by atoms with E-state index in [1.807, 2.05) is 0 Å². The van der Waals surface area contributed by atoms with Crippen LogP contribution in [0.15, 0.2) is 0 Å². The second kappa shape index (κ2) is 12.1. The number of amides is 1. The fourth-order valence-electron chi connectivity index (χ4n) is 1.62. The summed E-state index contributed by atoms with van der Waals surface area (Å²) < 4.78 is 30.1. The Bertz CT molecular complexity index is 333. The molecule has 0 saturated heterocycles. The predicted octanol–water partition coefficient (Wildman–Crippen LogP) is 1.83. The van der Waals surface area contributed by atoms with Crippen molar-refractivity contribution in [2.24, 2.45) is 0 Å². The van der Waals surface area contributed by atoms with Crippen molar-refractivity contribution in [1.82, 2.24) is 5.32 Å². The van der Waals surface area contributed by atoms with Crippen molar-refractivity contribution in [3.8, 4) is 0 Å². The zero-order valence-corrected chi connectivity index (χ0v) is 12.1. The Hall–Kier alpha value is 0.380. The molecule has 0 aliphatic heterocycles. The molecule has 0 heterocycles. The van der Waals surface area contributed by atoms with Crippen LogP contribution in [0.5, 0.6) is 0 Å². The van der Waals surface area contributed by atoms with E-state index in [2.05, 4.69) is 12.2 Å². The zero-order chi connectivity index (χ0) is 14.0. The van der Waals surface area contributed by atoms with E-state index >= 15 is 0 Å². The molecule has 1 atom stereocenters. The van der Waals surface area contributed by atoms with Crippen LogP contribution in [0.1, 0.15) is 65.2 Å². The first-order valence-corrected chi connectivity index (χ1v) is 8.14. The molecule has 0 radical (unpaired) electrons. The van der Waals surface area contributed by atoms with Gasteiger partial charge in [0.25, 0.3) is 10.1 Å². The number of carbonyl (C=O) groups excluding carboxylic acids is 1. The summed E-state index contributed by atoms with van der Waals surface area (Å²) in [5.41, 5.74) is 0. The minimum absolute atomic E-state index is 0. The second-order valence-electron chi connectivity index (χ2n) is 4.60. The van der Waals surface area contributed by atoms with Gasteiger partial charge in [0.15, 0.2) is 5.37 Å². The minimum atomic E-state index is -4.18. The summed E-state index contributed by atoms with van der Waals surface area (Å²) in [6.07, 6.45) is 8.07. The molecule has 19 heavy (non-hydrogen) atoms. The topological polar surface area (TPSA) is 83.5 Å². The number of hydrogen-bond donors (Lipinski definition) is 2. The summed E-state index contributed by atoms with van der Waals surface area (Å²) in [6.45, 7) is 3.42. The molecule has 0 aromatic carbocycles. The van der Waals surface area contributed by atoms with Crippen molar-refractivity contribution in [2.45, 2.75) is 70.6 Å². The van der Waals surface area contributed by atoms with Gasteiger partial charge in [0.1, 0.15) is 0 Å². The monoisotopic (exact) mass is 303 g/mol. The molecule has 0 aliphatic rings. The van der Waals surface area contributed by atoms with Gasteiger partial charge in [-0.3, -0.25) is 9.35 Å². The summed E-state index contributed by atoms with van der Waals surface area (Å²) in [5, 5.41) is 1.03. The van der Waals surface area contributed by atoms with E-state index in [0.717, 1.165) is 19.3 Å². The average molecular weight is 303 g/mol. The predicted molar refractivity (Wildman–Crippen MR) is 78.9 cm³/mol. The first kappa shape index (κ1) is 21.7. The Morgan fingerprint density at radius 2 is 1.58 bits per heavy atom. The molecule has 0 saturated carbocycles. The number of carbonyl (C=O) groups is 1. The van der Waals surface area contributed by atoms with Crippen LogP contribution in [-0.4, -0.2) is 53.8 Å². The van der Waals surface area contributed by atoms with E-state index < -0.39 is 15.5 Å². The van der Waals surface area contributed by atoms with E-state index in [0.29, 0.717) is 6.42 Å². The Balaban J connectivity index is 0. The Morgan fingerprint density at radius 3 is 2.05 bits per heavy atom. The molecule has 7 heteroatoms. The molecule has 0 rings (SSSR count). The van der Waals surface area contributed by atoms with Crippen molar-refractivity contribution >= 4 is 45.6 Å². The molecular weight excluding hydrogens is 277 g/mol. The molecule has 0 spiro atoms. The molecular formula is C12H26NNaO4S. The molecule has 5 nitrogen and oxygen atoms in total. The average Bonchev–Trinajstić information content (AvgIpc) is 2.26. The number of unbranched alkanes of at least 4 members (excludes halogenated alkanes) is 6. The Kier molecular flexibility index (Phi) is 13.9. The van der Waals surface area contributed by atoms with Gasteiger partial charge in [0, 0.05) is 6.42 Å². The van der Waals surface area contributed by atoms with Gasteiger partial charge in [-0.25, -0.2) is 0 Å². The van der Waals surface area contributed by atoms with Crippen LogP contribution < -0.4 is 5.32 Å². The molecule has 1 unspecified atom stereocenters. The first-order valence-electron chi connectivity index (χ1n) is 6.63. The van der Waals surface area contributed by atoms with Gasteiger partial charge >= 0.3 is 29.6 Å². The number of rotatable bonds is 10. The van der Waals surface area contributed by atoms with Gasteiger partial charge < -0.3 is 5.32 Å². The van der Waals surface area contributed by atoms with Gasteiger partial charge in [-0.2, -0.15) is 8.42 Å². The van der Waals surface area contributed by atoms with Crippen molar-refractivity contribution in [2.75, 3.05) is 0 Å². The van der Waals surface area contributed by atoms with Gasteiger partial charge in [0.2, 0.25) is 5.91 Å².